The highest BCUT2D eigenvalue weighted by molar-refractivity contribution is 5.98. The maximum absolute atomic E-state index is 14.3. The van der Waals surface area contributed by atoms with Crippen LogP contribution in [0.2, 0.25) is 0 Å². The third kappa shape index (κ3) is 9.71. The first-order chi connectivity index (χ1) is 26.5. The van der Waals surface area contributed by atoms with Crippen molar-refractivity contribution in [3.63, 3.8) is 0 Å². The van der Waals surface area contributed by atoms with Crippen LogP contribution >= 0.6 is 0 Å². The molecule has 2 aliphatic heterocycles. The Morgan fingerprint density at radius 3 is 2.44 bits per heavy atom. The van der Waals surface area contributed by atoms with Crippen molar-refractivity contribution in [2.45, 2.75) is 50.7 Å². The average molecular weight is 751 g/mol. The van der Waals surface area contributed by atoms with Gasteiger partial charge >= 0.3 is 0 Å². The lowest BCUT2D eigenvalue weighted by Crippen LogP contribution is -2.56. The minimum absolute atomic E-state index is 0.0496. The van der Waals surface area contributed by atoms with E-state index in [9.17, 15) is 24.0 Å². The summed E-state index contributed by atoms with van der Waals surface area (Å²) < 4.78 is 13.2. The second-order valence-electron chi connectivity index (χ2n) is 14.8. The quantitative estimate of drug-likeness (QED) is 0.251. The van der Waals surface area contributed by atoms with Crippen molar-refractivity contribution >= 4 is 40.4 Å². The lowest BCUT2D eigenvalue weighted by Gasteiger charge is -2.29. The number of benzene rings is 3. The first-order valence-electron chi connectivity index (χ1n) is 18.8. The van der Waals surface area contributed by atoms with E-state index in [1.54, 1.807) is 11.0 Å². The smallest absolute Gasteiger partial charge is 0.258 e. The van der Waals surface area contributed by atoms with Crippen LogP contribution in [-0.4, -0.2) is 109 Å². The molecule has 2 aliphatic rings. The molecule has 0 radical (unpaired) electrons. The summed E-state index contributed by atoms with van der Waals surface area (Å²) in [5.74, 6) is -1.90. The van der Waals surface area contributed by atoms with E-state index in [0.717, 1.165) is 22.0 Å². The Hall–Kier alpha value is -5.69. The largest absolute Gasteiger partial charge is 0.484 e. The summed E-state index contributed by atoms with van der Waals surface area (Å²) in [6.45, 7) is 3.97. The van der Waals surface area contributed by atoms with Crippen LogP contribution in [0.15, 0.2) is 85.1 Å². The standard InChI is InChI=1S/C42H50N6O7/c1-27(2)19-35-42(53)47(17-18-54-4)25-38(49)43-34(20-28-9-6-5-7-10-28)40(51)45-36-24-48(41(52)31-14-13-29-15-16-46(3)37(29)22-31)23-33(36)30-11-8-12-32(21-30)55-26-39(50)44-35/h5-16,21-22,27,33-36H,17-20,23-26H2,1-4H3,(H,43,49)(H,44,50)(H,45,51)/t33-,34-,35+,36+/m0/s1. The molecule has 290 valence electrons. The normalized spacial score (nSPS) is 21.3. The molecule has 6 rings (SSSR count). The van der Waals surface area contributed by atoms with Crippen molar-refractivity contribution in [1.82, 2.24) is 30.3 Å². The number of aromatic nitrogens is 1. The van der Waals surface area contributed by atoms with Crippen LogP contribution in [0.1, 0.15) is 47.7 Å². The Kier molecular flexibility index (Phi) is 12.5. The molecule has 0 aliphatic carbocycles. The van der Waals surface area contributed by atoms with Crippen molar-refractivity contribution in [2.24, 2.45) is 13.0 Å². The van der Waals surface area contributed by atoms with E-state index in [4.69, 9.17) is 9.47 Å². The Morgan fingerprint density at radius 1 is 0.891 bits per heavy atom. The van der Waals surface area contributed by atoms with Gasteiger partial charge in [0, 0.05) is 63.4 Å². The molecule has 3 aromatic carbocycles. The van der Waals surface area contributed by atoms with Gasteiger partial charge in [0.15, 0.2) is 6.61 Å². The van der Waals surface area contributed by atoms with E-state index >= 15 is 0 Å². The molecule has 1 saturated heterocycles. The number of nitrogens with one attached hydrogen (secondary N) is 3. The Labute approximate surface area is 321 Å². The number of likely N-dealkylation sites (tertiary alicyclic amines) is 1. The Morgan fingerprint density at radius 2 is 1.67 bits per heavy atom. The predicted molar refractivity (Wildman–Crippen MR) is 207 cm³/mol. The lowest BCUT2D eigenvalue weighted by atomic mass is 9.93. The van der Waals surface area contributed by atoms with Gasteiger partial charge in [-0.1, -0.05) is 62.4 Å². The minimum atomic E-state index is -1.00. The third-order valence-electron chi connectivity index (χ3n) is 10.2. The lowest BCUT2D eigenvalue weighted by molar-refractivity contribution is -0.141. The van der Waals surface area contributed by atoms with Gasteiger partial charge in [-0.15, -0.1) is 0 Å². The predicted octanol–water partition coefficient (Wildman–Crippen LogP) is 3.03. The van der Waals surface area contributed by atoms with E-state index < -0.39 is 41.8 Å². The zero-order chi connectivity index (χ0) is 39.1. The molecule has 13 nitrogen and oxygen atoms in total. The Bertz CT molecular complexity index is 2010. The van der Waals surface area contributed by atoms with Crippen LogP contribution in [0, 0.1) is 5.92 Å². The summed E-state index contributed by atoms with van der Waals surface area (Å²) in [5, 5.41) is 9.94. The van der Waals surface area contributed by atoms with Crippen LogP contribution in [-0.2, 0) is 37.4 Å². The SMILES string of the molecule is COCCN1CC(=O)N[C@@H](Cc2ccccc2)C(=O)N[C@@H]2CN(C(=O)c3ccc4ccn(C)c4c3)C[C@H]2c2cccc(c2)OCC(=O)N[C@H](CC(C)C)C1=O. The molecular formula is C42H50N6O7. The van der Waals surface area contributed by atoms with Crippen LogP contribution in [0.3, 0.4) is 0 Å². The number of aryl methyl sites for hydroxylation is 1. The summed E-state index contributed by atoms with van der Waals surface area (Å²) in [7, 11) is 3.43. The van der Waals surface area contributed by atoms with Crippen molar-refractivity contribution in [3.8, 4) is 5.75 Å². The van der Waals surface area contributed by atoms with E-state index in [1.165, 1.54) is 12.0 Å². The fraction of sp³-hybridized carbons (Fsp3) is 0.405. The zero-order valence-electron chi connectivity index (χ0n) is 31.8. The molecule has 13 heteroatoms. The number of nitrogens with zero attached hydrogens (tertiary/aromatic N) is 3. The molecule has 3 heterocycles. The summed E-state index contributed by atoms with van der Waals surface area (Å²) in [6.07, 6.45) is 2.47. The maximum Gasteiger partial charge on any atom is 0.258 e. The van der Waals surface area contributed by atoms with Gasteiger partial charge in [0.25, 0.3) is 11.8 Å². The summed E-state index contributed by atoms with van der Waals surface area (Å²) in [5.41, 5.74) is 3.11. The molecule has 2 bridgehead atoms. The number of rotatable bonds is 8. The van der Waals surface area contributed by atoms with Gasteiger partial charge < -0.3 is 39.8 Å². The fourth-order valence-corrected chi connectivity index (χ4v) is 7.39. The van der Waals surface area contributed by atoms with Gasteiger partial charge in [0.05, 0.1) is 19.2 Å². The zero-order valence-corrected chi connectivity index (χ0v) is 31.8. The minimum Gasteiger partial charge on any atom is -0.484 e. The molecule has 0 spiro atoms. The van der Waals surface area contributed by atoms with Crippen molar-refractivity contribution in [3.05, 3.63) is 102 Å². The monoisotopic (exact) mass is 750 g/mol. The molecule has 3 N–H and O–H groups in total. The van der Waals surface area contributed by atoms with Gasteiger partial charge in [0.2, 0.25) is 17.7 Å². The molecule has 5 amide bonds. The van der Waals surface area contributed by atoms with Gasteiger partial charge in [-0.05, 0) is 59.2 Å². The number of hydrogen-bond donors (Lipinski definition) is 3. The van der Waals surface area contributed by atoms with Gasteiger partial charge in [-0.25, -0.2) is 0 Å². The highest BCUT2D eigenvalue weighted by Crippen LogP contribution is 2.32. The molecule has 4 aromatic rings. The number of hydrogen-bond acceptors (Lipinski definition) is 7. The summed E-state index contributed by atoms with van der Waals surface area (Å²) in [4.78, 5) is 72.5. The maximum atomic E-state index is 14.3. The summed E-state index contributed by atoms with van der Waals surface area (Å²) in [6, 6.07) is 21.8. The van der Waals surface area contributed by atoms with Crippen LogP contribution in [0.25, 0.3) is 10.9 Å². The Balaban J connectivity index is 1.35. The first-order valence-corrected chi connectivity index (χ1v) is 18.8. The number of amides is 5. The van der Waals surface area contributed by atoms with E-state index in [2.05, 4.69) is 16.0 Å². The highest BCUT2D eigenvalue weighted by Gasteiger charge is 2.39. The van der Waals surface area contributed by atoms with Gasteiger partial charge in [0.1, 0.15) is 17.8 Å². The highest BCUT2D eigenvalue weighted by atomic mass is 16.5. The number of ether oxygens (including phenoxy) is 2. The molecule has 0 unspecified atom stereocenters. The van der Waals surface area contributed by atoms with E-state index in [-0.39, 0.29) is 57.0 Å². The van der Waals surface area contributed by atoms with Crippen LogP contribution in [0.5, 0.6) is 5.75 Å². The molecule has 0 saturated carbocycles. The average Bonchev–Trinajstić information content (AvgIpc) is 3.77. The fourth-order valence-electron chi connectivity index (χ4n) is 7.39. The van der Waals surface area contributed by atoms with Crippen molar-refractivity contribution < 1.29 is 33.4 Å². The number of fused-ring (bicyclic) bond motifs is 5. The van der Waals surface area contributed by atoms with Crippen molar-refractivity contribution in [1.29, 1.82) is 0 Å². The molecule has 55 heavy (non-hydrogen) atoms. The van der Waals surface area contributed by atoms with E-state index in [1.807, 2.05) is 104 Å². The first kappa shape index (κ1) is 39.0. The number of methoxy groups -OCH3 is 1. The second kappa shape index (κ2) is 17.6. The second-order valence-corrected chi connectivity index (χ2v) is 14.8. The third-order valence-corrected chi connectivity index (χ3v) is 10.2. The number of carbonyl (C=O) groups is 5. The van der Waals surface area contributed by atoms with Gasteiger partial charge in [-0.3, -0.25) is 24.0 Å². The summed E-state index contributed by atoms with van der Waals surface area (Å²) >= 11 is 0. The van der Waals surface area contributed by atoms with Crippen molar-refractivity contribution in [2.75, 3.05) is 46.5 Å². The van der Waals surface area contributed by atoms with Gasteiger partial charge in [-0.2, -0.15) is 0 Å². The molecule has 4 atom stereocenters. The number of carbonyl (C=O) groups excluding carboxylic acids is 5. The topological polar surface area (TPSA) is 151 Å². The molecular weight excluding hydrogens is 700 g/mol. The van der Waals surface area contributed by atoms with Crippen LogP contribution in [0.4, 0.5) is 0 Å². The molecule has 1 fully saturated rings. The van der Waals surface area contributed by atoms with Crippen LogP contribution < -0.4 is 20.7 Å². The van der Waals surface area contributed by atoms with E-state index in [0.29, 0.717) is 24.3 Å². The molecule has 1 aromatic heterocycles.